The number of allylic oxidation sites excluding steroid dienone is 2. The van der Waals surface area contributed by atoms with Crippen molar-refractivity contribution in [3.05, 3.63) is 11.6 Å². The van der Waals surface area contributed by atoms with Crippen LogP contribution in [0.5, 0.6) is 0 Å². The lowest BCUT2D eigenvalue weighted by Gasteiger charge is -2.03. The first kappa shape index (κ1) is 21.4. The van der Waals surface area contributed by atoms with E-state index in [0.717, 1.165) is 6.42 Å². The van der Waals surface area contributed by atoms with Crippen LogP contribution in [0.25, 0.3) is 0 Å². The molecule has 0 aliphatic rings. The van der Waals surface area contributed by atoms with Crippen LogP contribution in [-0.4, -0.2) is 5.78 Å². The molecule has 1 heteroatoms. The number of unbranched alkanes of at least 4 members (excludes halogenated alkanes) is 13. The van der Waals surface area contributed by atoms with Gasteiger partial charge < -0.3 is 0 Å². The summed E-state index contributed by atoms with van der Waals surface area (Å²) < 4.78 is 0. The van der Waals surface area contributed by atoms with E-state index in [1.165, 1.54) is 95.5 Å². The third-order valence-corrected chi connectivity index (χ3v) is 4.37. The molecule has 0 N–H and O–H groups in total. The first-order valence-electron chi connectivity index (χ1n) is 9.84. The van der Waals surface area contributed by atoms with Crippen LogP contribution >= 0.6 is 0 Å². The van der Waals surface area contributed by atoms with Gasteiger partial charge in [0.15, 0.2) is 5.78 Å². The van der Waals surface area contributed by atoms with Gasteiger partial charge in [-0.25, -0.2) is 0 Å². The minimum atomic E-state index is 0.183. The number of hydrogen-bond acceptors (Lipinski definition) is 1. The second-order valence-corrected chi connectivity index (χ2v) is 6.95. The molecule has 0 aromatic carbocycles. The Labute approximate surface area is 140 Å². The van der Waals surface area contributed by atoms with Crippen molar-refractivity contribution in [1.29, 1.82) is 0 Å². The average molecular weight is 309 g/mol. The van der Waals surface area contributed by atoms with Crippen LogP contribution in [0.3, 0.4) is 0 Å². The molecule has 0 heterocycles. The number of carbonyl (C=O) groups is 1. The van der Waals surface area contributed by atoms with Gasteiger partial charge in [-0.2, -0.15) is 0 Å². The molecule has 0 atom stereocenters. The first-order chi connectivity index (χ1) is 10.7. The summed E-state index contributed by atoms with van der Waals surface area (Å²) in [6, 6.07) is 0. The number of ketones is 1. The largest absolute Gasteiger partial charge is 0.295 e. The topological polar surface area (TPSA) is 17.1 Å². The summed E-state index contributed by atoms with van der Waals surface area (Å²) in [6.07, 6.45) is 22.5. The van der Waals surface area contributed by atoms with Crippen molar-refractivity contribution in [3.8, 4) is 0 Å². The van der Waals surface area contributed by atoms with Crippen LogP contribution < -0.4 is 0 Å². The van der Waals surface area contributed by atoms with E-state index < -0.39 is 0 Å². The normalized spacial score (nSPS) is 11.9. The van der Waals surface area contributed by atoms with Gasteiger partial charge in [0.25, 0.3) is 0 Å². The average Bonchev–Trinajstić information content (AvgIpc) is 2.47. The molecule has 0 rings (SSSR count). The standard InChI is InChI=1S/C21H40O/c1-4-5-6-7-8-9-10-11-12-13-14-15-16-17-18-20(2)19-21(3)22/h19H,4-18H2,1-3H3/b20-19+. The highest BCUT2D eigenvalue weighted by Gasteiger charge is 1.96. The van der Waals surface area contributed by atoms with E-state index >= 15 is 0 Å². The predicted molar refractivity (Wildman–Crippen MR) is 99.4 cm³/mol. The summed E-state index contributed by atoms with van der Waals surface area (Å²) >= 11 is 0. The van der Waals surface area contributed by atoms with Gasteiger partial charge in [-0.05, 0) is 32.8 Å². The van der Waals surface area contributed by atoms with Crippen LogP contribution in [-0.2, 0) is 4.79 Å². The minimum Gasteiger partial charge on any atom is -0.295 e. The highest BCUT2D eigenvalue weighted by molar-refractivity contribution is 5.87. The van der Waals surface area contributed by atoms with Crippen LogP contribution in [0.4, 0.5) is 0 Å². The molecule has 22 heavy (non-hydrogen) atoms. The number of rotatable bonds is 16. The van der Waals surface area contributed by atoms with E-state index in [0.29, 0.717) is 0 Å². The molecular weight excluding hydrogens is 268 g/mol. The smallest absolute Gasteiger partial charge is 0.152 e. The molecule has 0 aliphatic carbocycles. The fourth-order valence-corrected chi connectivity index (χ4v) is 3.02. The summed E-state index contributed by atoms with van der Waals surface area (Å²) in [5, 5.41) is 0. The van der Waals surface area contributed by atoms with E-state index in [2.05, 4.69) is 13.8 Å². The van der Waals surface area contributed by atoms with Gasteiger partial charge in [-0.3, -0.25) is 4.79 Å². The molecule has 0 saturated heterocycles. The Morgan fingerprint density at radius 2 is 1.00 bits per heavy atom. The van der Waals surface area contributed by atoms with Crippen molar-refractivity contribution >= 4 is 5.78 Å². The Morgan fingerprint density at radius 1 is 0.636 bits per heavy atom. The van der Waals surface area contributed by atoms with E-state index in [1.807, 2.05) is 0 Å². The van der Waals surface area contributed by atoms with Crippen LogP contribution in [0.2, 0.25) is 0 Å². The lowest BCUT2D eigenvalue weighted by atomic mass is 10.0. The lowest BCUT2D eigenvalue weighted by Crippen LogP contribution is -1.87. The van der Waals surface area contributed by atoms with Gasteiger partial charge >= 0.3 is 0 Å². The quantitative estimate of drug-likeness (QED) is 0.214. The van der Waals surface area contributed by atoms with E-state index in [1.54, 1.807) is 13.0 Å². The van der Waals surface area contributed by atoms with Gasteiger partial charge in [0.2, 0.25) is 0 Å². The zero-order valence-corrected chi connectivity index (χ0v) is 15.6. The Balaban J connectivity index is 3.13. The molecule has 0 amide bonds. The van der Waals surface area contributed by atoms with Crippen molar-refractivity contribution in [2.75, 3.05) is 0 Å². The molecule has 0 bridgehead atoms. The second kappa shape index (κ2) is 16.8. The molecule has 0 saturated carbocycles. The molecule has 0 spiro atoms. The first-order valence-corrected chi connectivity index (χ1v) is 9.84. The maximum atomic E-state index is 10.9. The van der Waals surface area contributed by atoms with E-state index in [-0.39, 0.29) is 5.78 Å². The van der Waals surface area contributed by atoms with Gasteiger partial charge in [-0.15, -0.1) is 0 Å². The van der Waals surface area contributed by atoms with Crippen molar-refractivity contribution < 1.29 is 4.79 Å². The van der Waals surface area contributed by atoms with Gasteiger partial charge in [0, 0.05) is 0 Å². The fraction of sp³-hybridized carbons (Fsp3) is 0.857. The second-order valence-electron chi connectivity index (χ2n) is 6.95. The monoisotopic (exact) mass is 308 g/mol. The summed E-state index contributed by atoms with van der Waals surface area (Å²) in [5.74, 6) is 0.183. The third kappa shape index (κ3) is 17.5. The zero-order valence-electron chi connectivity index (χ0n) is 15.6. The van der Waals surface area contributed by atoms with E-state index in [4.69, 9.17) is 0 Å². The highest BCUT2D eigenvalue weighted by atomic mass is 16.1. The van der Waals surface area contributed by atoms with Crippen molar-refractivity contribution in [2.45, 2.75) is 117 Å². The van der Waals surface area contributed by atoms with E-state index in [9.17, 15) is 4.79 Å². The molecule has 0 radical (unpaired) electrons. The molecule has 0 aliphatic heterocycles. The zero-order chi connectivity index (χ0) is 16.5. The SMILES string of the molecule is CCCCCCCCCCCCCCCC/C(C)=C/C(C)=O. The molecule has 0 unspecified atom stereocenters. The third-order valence-electron chi connectivity index (χ3n) is 4.37. The molecular formula is C21H40O. The Kier molecular flexibility index (Phi) is 16.3. The molecule has 0 aromatic rings. The van der Waals surface area contributed by atoms with Crippen molar-refractivity contribution in [2.24, 2.45) is 0 Å². The Bertz CT molecular complexity index is 278. The number of carbonyl (C=O) groups excluding carboxylic acids is 1. The summed E-state index contributed by atoms with van der Waals surface area (Å²) in [7, 11) is 0. The Hall–Kier alpha value is -0.590. The maximum Gasteiger partial charge on any atom is 0.152 e. The summed E-state index contributed by atoms with van der Waals surface area (Å²) in [4.78, 5) is 10.9. The molecule has 130 valence electrons. The van der Waals surface area contributed by atoms with Crippen LogP contribution in [0.1, 0.15) is 117 Å². The fourth-order valence-electron chi connectivity index (χ4n) is 3.02. The molecule has 0 aromatic heterocycles. The van der Waals surface area contributed by atoms with Crippen LogP contribution in [0.15, 0.2) is 11.6 Å². The highest BCUT2D eigenvalue weighted by Crippen LogP contribution is 2.14. The van der Waals surface area contributed by atoms with Crippen molar-refractivity contribution in [3.63, 3.8) is 0 Å². The summed E-state index contributed by atoms with van der Waals surface area (Å²) in [6.45, 7) is 5.99. The Morgan fingerprint density at radius 3 is 1.36 bits per heavy atom. The lowest BCUT2D eigenvalue weighted by molar-refractivity contribution is -0.112. The molecule has 0 fully saturated rings. The summed E-state index contributed by atoms with van der Waals surface area (Å²) in [5.41, 5.74) is 1.24. The minimum absolute atomic E-state index is 0.183. The van der Waals surface area contributed by atoms with Crippen LogP contribution in [0, 0.1) is 0 Å². The predicted octanol–water partition coefficient (Wildman–Crippen LogP) is 7.39. The van der Waals surface area contributed by atoms with Gasteiger partial charge in [0.1, 0.15) is 0 Å². The van der Waals surface area contributed by atoms with Gasteiger partial charge in [-0.1, -0.05) is 96.0 Å². The molecule has 1 nitrogen and oxygen atoms in total. The maximum absolute atomic E-state index is 10.9. The van der Waals surface area contributed by atoms with Gasteiger partial charge in [0.05, 0.1) is 0 Å². The van der Waals surface area contributed by atoms with Crippen molar-refractivity contribution in [1.82, 2.24) is 0 Å². The number of hydrogen-bond donors (Lipinski definition) is 0.